The summed E-state index contributed by atoms with van der Waals surface area (Å²) in [4.78, 5) is 11.7. The van der Waals surface area contributed by atoms with Gasteiger partial charge in [0, 0.05) is 23.5 Å². The summed E-state index contributed by atoms with van der Waals surface area (Å²) in [5.74, 6) is -2.65. The van der Waals surface area contributed by atoms with Crippen molar-refractivity contribution in [3.63, 3.8) is 0 Å². The van der Waals surface area contributed by atoms with Crippen molar-refractivity contribution in [3.8, 4) is 0 Å². The lowest BCUT2D eigenvalue weighted by Crippen LogP contribution is -2.33. The molecule has 1 aliphatic heterocycles. The maximum absolute atomic E-state index is 14.5. The van der Waals surface area contributed by atoms with Gasteiger partial charge in [-0.3, -0.25) is 9.48 Å². The predicted octanol–water partition coefficient (Wildman–Crippen LogP) is 3.90. The van der Waals surface area contributed by atoms with E-state index in [0.717, 1.165) is 4.68 Å². The molecule has 1 spiro atoms. The number of hydrogen-bond acceptors (Lipinski definition) is 5. The number of hydrogen-bond donors (Lipinski definition) is 0. The van der Waals surface area contributed by atoms with Gasteiger partial charge in [0.2, 0.25) is 0 Å². The Labute approximate surface area is 144 Å². The van der Waals surface area contributed by atoms with Gasteiger partial charge < -0.3 is 4.74 Å². The number of thioether (sulfide) groups is 2. The largest absolute Gasteiger partial charge is 0.465 e. The van der Waals surface area contributed by atoms with Crippen molar-refractivity contribution < 1.29 is 27.1 Å². The van der Waals surface area contributed by atoms with E-state index in [9.17, 15) is 22.4 Å². The van der Waals surface area contributed by atoms with Crippen molar-refractivity contribution in [2.75, 3.05) is 18.1 Å². The Bertz CT molecular complexity index is 645. The molecule has 1 fully saturated rings. The topological polar surface area (TPSA) is 44.1 Å². The molecule has 134 valence electrons. The number of carbonyl (C=O) groups is 1. The summed E-state index contributed by atoms with van der Waals surface area (Å²) in [6, 6.07) is 0. The summed E-state index contributed by atoms with van der Waals surface area (Å²) in [5.41, 5.74) is -1.29. The number of aromatic nitrogens is 2. The Morgan fingerprint density at radius 2 is 2.00 bits per heavy atom. The van der Waals surface area contributed by atoms with E-state index in [0.29, 0.717) is 11.5 Å². The van der Waals surface area contributed by atoms with Crippen LogP contribution in [0.15, 0.2) is 0 Å². The molecule has 4 nitrogen and oxygen atoms in total. The summed E-state index contributed by atoms with van der Waals surface area (Å²) in [5, 5.41) is 3.69. The summed E-state index contributed by atoms with van der Waals surface area (Å²) >= 11 is 2.82. The number of rotatable bonds is 4. The van der Waals surface area contributed by atoms with E-state index in [2.05, 4.69) is 5.10 Å². The first-order valence-corrected chi connectivity index (χ1v) is 9.49. The van der Waals surface area contributed by atoms with Gasteiger partial charge in [-0.2, -0.15) is 13.9 Å². The first kappa shape index (κ1) is 17.9. The van der Waals surface area contributed by atoms with E-state index < -0.39 is 46.7 Å². The fourth-order valence-electron chi connectivity index (χ4n) is 3.13. The third-order valence-corrected chi connectivity index (χ3v) is 7.55. The molecule has 3 rings (SSSR count). The van der Waals surface area contributed by atoms with Crippen molar-refractivity contribution >= 4 is 29.5 Å². The first-order valence-electron chi connectivity index (χ1n) is 7.52. The molecule has 0 aromatic carbocycles. The highest BCUT2D eigenvalue weighted by atomic mass is 32.2. The SMILES string of the molecule is CCOC(=O)Cn1nc(C(F)F)c2c1C(F)(F)CCC21SCCS1. The maximum atomic E-state index is 14.5. The molecule has 1 aromatic rings. The molecule has 0 amide bonds. The fourth-order valence-corrected chi connectivity index (χ4v) is 6.48. The second-order valence-corrected chi connectivity index (χ2v) is 8.57. The number of carbonyl (C=O) groups excluding carboxylic acids is 1. The Morgan fingerprint density at radius 1 is 1.33 bits per heavy atom. The van der Waals surface area contributed by atoms with E-state index in [1.165, 1.54) is 23.5 Å². The van der Waals surface area contributed by atoms with Crippen LogP contribution in [-0.4, -0.2) is 33.9 Å². The van der Waals surface area contributed by atoms with Gasteiger partial charge in [-0.05, 0) is 13.3 Å². The van der Waals surface area contributed by atoms with Gasteiger partial charge in [0.25, 0.3) is 12.3 Å². The molecule has 24 heavy (non-hydrogen) atoms. The highest BCUT2D eigenvalue weighted by Gasteiger charge is 2.55. The summed E-state index contributed by atoms with van der Waals surface area (Å²) in [7, 11) is 0. The van der Waals surface area contributed by atoms with Crippen LogP contribution in [0.1, 0.15) is 43.1 Å². The van der Waals surface area contributed by atoms with Gasteiger partial charge in [0.1, 0.15) is 17.9 Å². The zero-order valence-electron chi connectivity index (χ0n) is 12.9. The molecule has 0 N–H and O–H groups in total. The van der Waals surface area contributed by atoms with Crippen molar-refractivity contribution in [3.05, 3.63) is 17.0 Å². The second kappa shape index (κ2) is 6.44. The molecule has 1 saturated heterocycles. The van der Waals surface area contributed by atoms with E-state index in [-0.39, 0.29) is 18.6 Å². The lowest BCUT2D eigenvalue weighted by atomic mass is 9.91. The van der Waals surface area contributed by atoms with E-state index in [1.807, 2.05) is 0 Å². The molecule has 10 heteroatoms. The second-order valence-electron chi connectivity index (χ2n) is 5.53. The summed E-state index contributed by atoms with van der Waals surface area (Å²) in [6.45, 7) is 1.07. The average molecular weight is 384 g/mol. The number of alkyl halides is 4. The van der Waals surface area contributed by atoms with Crippen LogP contribution in [0.5, 0.6) is 0 Å². The number of ether oxygens (including phenoxy) is 1. The smallest absolute Gasteiger partial charge is 0.327 e. The molecular weight excluding hydrogens is 368 g/mol. The molecule has 2 aliphatic rings. The molecule has 0 radical (unpaired) electrons. The standard InChI is InChI=1S/C14H16F4N2O2S2/c1-2-22-8(21)7-20-11-9(10(19-20)12(15)16)14(23-5-6-24-14)4-3-13(11,17)18/h12H,2-7H2,1H3. The number of nitrogens with zero attached hydrogens (tertiary/aromatic N) is 2. The molecule has 1 aliphatic carbocycles. The van der Waals surface area contributed by atoms with E-state index >= 15 is 0 Å². The molecule has 0 saturated carbocycles. The lowest BCUT2D eigenvalue weighted by molar-refractivity contribution is -0.144. The van der Waals surface area contributed by atoms with Crippen LogP contribution in [0.4, 0.5) is 17.6 Å². The normalized spacial score (nSPS) is 21.2. The van der Waals surface area contributed by atoms with Crippen LogP contribution in [-0.2, 0) is 26.1 Å². The zero-order valence-corrected chi connectivity index (χ0v) is 14.5. The molecule has 1 aromatic heterocycles. The van der Waals surface area contributed by atoms with Gasteiger partial charge in [0.05, 0.1) is 10.7 Å². The number of fused-ring (bicyclic) bond motifs is 2. The van der Waals surface area contributed by atoms with Crippen LogP contribution in [0.3, 0.4) is 0 Å². The van der Waals surface area contributed by atoms with Crippen LogP contribution in [0.2, 0.25) is 0 Å². The Hall–Kier alpha value is -0.900. The maximum Gasteiger partial charge on any atom is 0.327 e. The quantitative estimate of drug-likeness (QED) is 0.582. The number of esters is 1. The van der Waals surface area contributed by atoms with Gasteiger partial charge in [-0.1, -0.05) is 0 Å². The molecule has 0 unspecified atom stereocenters. The van der Waals surface area contributed by atoms with Crippen LogP contribution >= 0.6 is 23.5 Å². The van der Waals surface area contributed by atoms with Gasteiger partial charge in [-0.15, -0.1) is 23.5 Å². The first-order chi connectivity index (χ1) is 11.3. The number of halogens is 4. The Kier molecular flexibility index (Phi) is 4.80. The Balaban J connectivity index is 2.14. The molecular formula is C14H16F4N2O2S2. The van der Waals surface area contributed by atoms with Gasteiger partial charge in [0.15, 0.2) is 0 Å². The minimum atomic E-state index is -3.29. The van der Waals surface area contributed by atoms with Crippen molar-refractivity contribution in [2.24, 2.45) is 0 Å². The van der Waals surface area contributed by atoms with Crippen molar-refractivity contribution in [1.82, 2.24) is 9.78 Å². The van der Waals surface area contributed by atoms with E-state index in [4.69, 9.17) is 4.74 Å². The third kappa shape index (κ3) is 2.91. The van der Waals surface area contributed by atoms with Crippen LogP contribution < -0.4 is 0 Å². The van der Waals surface area contributed by atoms with Gasteiger partial charge >= 0.3 is 5.97 Å². The molecule has 0 atom stereocenters. The van der Waals surface area contributed by atoms with Crippen LogP contribution in [0, 0.1) is 0 Å². The van der Waals surface area contributed by atoms with Crippen molar-refractivity contribution in [2.45, 2.75) is 42.7 Å². The Morgan fingerprint density at radius 3 is 2.58 bits per heavy atom. The van der Waals surface area contributed by atoms with Gasteiger partial charge in [-0.25, -0.2) is 8.78 Å². The minimum absolute atomic E-state index is 0.0794. The van der Waals surface area contributed by atoms with E-state index in [1.54, 1.807) is 6.92 Å². The van der Waals surface area contributed by atoms with Crippen molar-refractivity contribution in [1.29, 1.82) is 0 Å². The molecule has 0 bridgehead atoms. The fraction of sp³-hybridized carbons (Fsp3) is 0.714. The highest BCUT2D eigenvalue weighted by Crippen LogP contribution is 2.63. The third-order valence-electron chi connectivity index (χ3n) is 4.02. The summed E-state index contributed by atoms with van der Waals surface area (Å²) in [6.07, 6.45) is -3.32. The monoisotopic (exact) mass is 384 g/mol. The summed E-state index contributed by atoms with van der Waals surface area (Å²) < 4.78 is 60.7. The lowest BCUT2D eigenvalue weighted by Gasteiger charge is -2.36. The highest BCUT2D eigenvalue weighted by molar-refractivity contribution is 8.20. The predicted molar refractivity (Wildman–Crippen MR) is 83.5 cm³/mol. The van der Waals surface area contributed by atoms with Crippen LogP contribution in [0.25, 0.3) is 0 Å². The average Bonchev–Trinajstić information content (AvgIpc) is 3.10. The minimum Gasteiger partial charge on any atom is -0.465 e. The molecule has 2 heterocycles. The zero-order chi connectivity index (χ0) is 17.5.